The fourth-order valence-corrected chi connectivity index (χ4v) is 2.05. The van der Waals surface area contributed by atoms with Gasteiger partial charge in [-0.3, -0.25) is 4.79 Å². The van der Waals surface area contributed by atoms with Crippen LogP contribution in [0, 0.1) is 0 Å². The van der Waals surface area contributed by atoms with Gasteiger partial charge in [-0.1, -0.05) is 6.42 Å². The second-order valence-electron chi connectivity index (χ2n) is 3.76. The van der Waals surface area contributed by atoms with E-state index >= 15 is 0 Å². The van der Waals surface area contributed by atoms with Crippen molar-refractivity contribution in [3.8, 4) is 0 Å². The standard InChI is InChI=1S/C9H16O5S/c10-9(6-7-15(11,12)13)14-8-4-2-1-3-5-8/h8H,1-7H2,(H,11,12,13)/p-1. The molecule has 0 bridgehead atoms. The summed E-state index contributed by atoms with van der Waals surface area (Å²) in [5.74, 6) is -1.25. The molecule has 0 amide bonds. The predicted molar refractivity (Wildman–Crippen MR) is 52.1 cm³/mol. The van der Waals surface area contributed by atoms with Crippen LogP contribution < -0.4 is 0 Å². The van der Waals surface area contributed by atoms with Crippen LogP contribution >= 0.6 is 0 Å². The maximum atomic E-state index is 11.1. The Labute approximate surface area is 89.6 Å². The van der Waals surface area contributed by atoms with Crippen LogP contribution in [0.1, 0.15) is 38.5 Å². The van der Waals surface area contributed by atoms with Gasteiger partial charge < -0.3 is 9.29 Å². The number of ether oxygens (including phenoxy) is 1. The predicted octanol–water partition coefficient (Wildman–Crippen LogP) is 0.798. The molecule has 5 nitrogen and oxygen atoms in total. The maximum absolute atomic E-state index is 11.1. The molecule has 0 atom stereocenters. The fraction of sp³-hybridized carbons (Fsp3) is 0.889. The highest BCUT2D eigenvalue weighted by atomic mass is 32.2. The van der Waals surface area contributed by atoms with Crippen LogP contribution in [0.15, 0.2) is 0 Å². The van der Waals surface area contributed by atoms with Gasteiger partial charge >= 0.3 is 5.97 Å². The summed E-state index contributed by atoms with van der Waals surface area (Å²) < 4.78 is 35.8. The molecule has 0 unspecified atom stereocenters. The summed E-state index contributed by atoms with van der Waals surface area (Å²) in [6.07, 6.45) is 4.51. The molecule has 1 fully saturated rings. The molecule has 0 saturated heterocycles. The van der Waals surface area contributed by atoms with E-state index in [0.29, 0.717) is 0 Å². The van der Waals surface area contributed by atoms with E-state index in [9.17, 15) is 17.8 Å². The summed E-state index contributed by atoms with van der Waals surface area (Å²) in [4.78, 5) is 11.1. The number of rotatable bonds is 4. The van der Waals surface area contributed by atoms with Crippen molar-refractivity contribution in [1.82, 2.24) is 0 Å². The van der Waals surface area contributed by atoms with E-state index in [1.165, 1.54) is 0 Å². The van der Waals surface area contributed by atoms with Crippen LogP contribution in [0.3, 0.4) is 0 Å². The third kappa shape index (κ3) is 5.74. The topological polar surface area (TPSA) is 83.5 Å². The van der Waals surface area contributed by atoms with Crippen molar-refractivity contribution in [1.29, 1.82) is 0 Å². The van der Waals surface area contributed by atoms with Crippen LogP contribution in [0.2, 0.25) is 0 Å². The van der Waals surface area contributed by atoms with Gasteiger partial charge in [0, 0.05) is 5.75 Å². The molecule has 0 aromatic heterocycles. The van der Waals surface area contributed by atoms with E-state index < -0.39 is 21.8 Å². The first kappa shape index (κ1) is 12.4. The molecule has 0 N–H and O–H groups in total. The summed E-state index contributed by atoms with van der Waals surface area (Å²) in [5, 5.41) is 0. The van der Waals surface area contributed by atoms with Gasteiger partial charge in [-0.2, -0.15) is 0 Å². The van der Waals surface area contributed by atoms with Gasteiger partial charge in [0.1, 0.15) is 6.10 Å². The number of hydrogen-bond donors (Lipinski definition) is 0. The average Bonchev–Trinajstić information content (AvgIpc) is 2.15. The third-order valence-corrected chi connectivity index (χ3v) is 3.11. The van der Waals surface area contributed by atoms with Crippen molar-refractivity contribution in [3.63, 3.8) is 0 Å². The molecule has 0 aliphatic heterocycles. The molecule has 88 valence electrons. The molecule has 0 spiro atoms. The van der Waals surface area contributed by atoms with Crippen LogP contribution in [0.4, 0.5) is 0 Å². The van der Waals surface area contributed by atoms with Gasteiger partial charge in [-0.15, -0.1) is 0 Å². The van der Waals surface area contributed by atoms with Gasteiger partial charge in [0.05, 0.1) is 16.5 Å². The minimum atomic E-state index is -4.31. The Morgan fingerprint density at radius 3 is 2.40 bits per heavy atom. The lowest BCUT2D eigenvalue weighted by molar-refractivity contribution is -0.150. The molecule has 0 heterocycles. The highest BCUT2D eigenvalue weighted by molar-refractivity contribution is 7.85. The van der Waals surface area contributed by atoms with Gasteiger partial charge in [-0.25, -0.2) is 8.42 Å². The molecule has 0 aromatic carbocycles. The zero-order valence-electron chi connectivity index (χ0n) is 8.48. The van der Waals surface area contributed by atoms with Crippen molar-refractivity contribution in [2.45, 2.75) is 44.6 Å². The summed E-state index contributed by atoms with van der Waals surface area (Å²) in [6, 6.07) is 0. The maximum Gasteiger partial charge on any atom is 0.307 e. The Bertz CT molecular complexity index is 302. The monoisotopic (exact) mass is 235 g/mol. The quantitative estimate of drug-likeness (QED) is 0.531. The molecule has 0 aromatic rings. The van der Waals surface area contributed by atoms with Crippen molar-refractivity contribution >= 4 is 16.1 Å². The largest absolute Gasteiger partial charge is 0.748 e. The van der Waals surface area contributed by atoms with Crippen LogP contribution in [-0.2, 0) is 19.6 Å². The Morgan fingerprint density at radius 2 is 1.87 bits per heavy atom. The summed E-state index contributed by atoms with van der Waals surface area (Å²) in [5.41, 5.74) is 0. The van der Waals surface area contributed by atoms with Crippen molar-refractivity contribution in [3.05, 3.63) is 0 Å². The minimum Gasteiger partial charge on any atom is -0.748 e. The van der Waals surface area contributed by atoms with E-state index in [2.05, 4.69) is 0 Å². The Hall–Kier alpha value is -0.620. The van der Waals surface area contributed by atoms with Crippen molar-refractivity contribution < 1.29 is 22.5 Å². The van der Waals surface area contributed by atoms with E-state index in [4.69, 9.17) is 4.74 Å². The Kier molecular flexibility index (Phi) is 4.53. The van der Waals surface area contributed by atoms with E-state index in [-0.39, 0.29) is 12.5 Å². The first-order chi connectivity index (χ1) is 6.97. The van der Waals surface area contributed by atoms with E-state index in [1.807, 2.05) is 0 Å². The molecule has 1 saturated carbocycles. The lowest BCUT2D eigenvalue weighted by Crippen LogP contribution is -2.22. The lowest BCUT2D eigenvalue weighted by atomic mass is 9.98. The van der Waals surface area contributed by atoms with E-state index in [0.717, 1.165) is 32.1 Å². The minimum absolute atomic E-state index is 0.0828. The molecular weight excluding hydrogens is 220 g/mol. The number of carbonyl (C=O) groups excluding carboxylic acids is 1. The van der Waals surface area contributed by atoms with Crippen LogP contribution in [0.5, 0.6) is 0 Å². The molecule has 1 aliphatic rings. The van der Waals surface area contributed by atoms with E-state index in [1.54, 1.807) is 0 Å². The zero-order valence-corrected chi connectivity index (χ0v) is 9.29. The molecule has 1 aliphatic carbocycles. The average molecular weight is 235 g/mol. The normalized spacial score (nSPS) is 18.7. The third-order valence-electron chi connectivity index (χ3n) is 2.41. The van der Waals surface area contributed by atoms with Crippen molar-refractivity contribution in [2.75, 3.05) is 5.75 Å². The Balaban J connectivity index is 2.23. The first-order valence-electron chi connectivity index (χ1n) is 5.10. The summed E-state index contributed by atoms with van der Waals surface area (Å²) in [7, 11) is -4.31. The second-order valence-corrected chi connectivity index (χ2v) is 5.29. The summed E-state index contributed by atoms with van der Waals surface area (Å²) in [6.45, 7) is 0. The van der Waals surface area contributed by atoms with Gasteiger partial charge in [0.25, 0.3) is 0 Å². The number of carbonyl (C=O) groups is 1. The highest BCUT2D eigenvalue weighted by Gasteiger charge is 2.17. The zero-order chi connectivity index (χ0) is 11.3. The van der Waals surface area contributed by atoms with Gasteiger partial charge in [0.2, 0.25) is 0 Å². The molecule has 15 heavy (non-hydrogen) atoms. The Morgan fingerprint density at radius 1 is 1.27 bits per heavy atom. The lowest BCUT2D eigenvalue weighted by Gasteiger charge is -2.21. The molecular formula is C9H15O5S-. The van der Waals surface area contributed by atoms with Crippen LogP contribution in [-0.4, -0.2) is 30.8 Å². The SMILES string of the molecule is O=C(CCS(=O)(=O)[O-])OC1CCCCC1. The number of esters is 1. The fourth-order valence-electron chi connectivity index (χ4n) is 1.64. The van der Waals surface area contributed by atoms with Gasteiger partial charge in [-0.05, 0) is 25.7 Å². The first-order valence-corrected chi connectivity index (χ1v) is 6.68. The van der Waals surface area contributed by atoms with Crippen molar-refractivity contribution in [2.24, 2.45) is 0 Å². The van der Waals surface area contributed by atoms with Crippen LogP contribution in [0.25, 0.3) is 0 Å². The molecule has 1 rings (SSSR count). The number of hydrogen-bond acceptors (Lipinski definition) is 5. The second kappa shape index (κ2) is 5.46. The van der Waals surface area contributed by atoms with Gasteiger partial charge in [0.15, 0.2) is 0 Å². The molecule has 6 heteroatoms. The molecule has 0 radical (unpaired) electrons. The summed E-state index contributed by atoms with van der Waals surface area (Å²) >= 11 is 0. The smallest absolute Gasteiger partial charge is 0.307 e. The highest BCUT2D eigenvalue weighted by Crippen LogP contribution is 2.20.